The molecule has 2 aromatic rings. The van der Waals surface area contributed by atoms with E-state index in [2.05, 4.69) is 0 Å². The molecule has 0 saturated heterocycles. The van der Waals surface area contributed by atoms with Gasteiger partial charge in [0.15, 0.2) is 0 Å². The number of benzene rings is 2. The van der Waals surface area contributed by atoms with E-state index in [1.54, 1.807) is 0 Å². The number of hydrogen-bond donors (Lipinski definition) is 1. The average Bonchev–Trinajstić information content (AvgIpc) is 2.54. The quantitative estimate of drug-likeness (QED) is 0.771. The van der Waals surface area contributed by atoms with Gasteiger partial charge in [-0.15, -0.1) is 0 Å². The lowest BCUT2D eigenvalue weighted by atomic mass is 10.2. The van der Waals surface area contributed by atoms with Gasteiger partial charge in [0.1, 0.15) is 11.4 Å². The Kier molecular flexibility index (Phi) is 5.74. The number of halogens is 5. The van der Waals surface area contributed by atoms with Gasteiger partial charge >= 0.3 is 12.1 Å². The molecular formula is C15H10Cl2F3NO4S. The number of aliphatic carboxylic acids is 1. The van der Waals surface area contributed by atoms with Crippen LogP contribution in [0.3, 0.4) is 0 Å². The lowest BCUT2D eigenvalue weighted by Crippen LogP contribution is -2.36. The molecule has 0 aromatic heterocycles. The smallest absolute Gasteiger partial charge is 0.416 e. The minimum atomic E-state index is -4.62. The maximum atomic E-state index is 12.8. The molecule has 0 aliphatic carbocycles. The minimum absolute atomic E-state index is 0.0377. The molecule has 2 rings (SSSR count). The topological polar surface area (TPSA) is 74.7 Å². The molecule has 0 aliphatic heterocycles. The van der Waals surface area contributed by atoms with Crippen LogP contribution in [0.1, 0.15) is 5.56 Å². The first kappa shape index (κ1) is 20.3. The number of carbonyl (C=O) groups is 1. The van der Waals surface area contributed by atoms with E-state index in [0.29, 0.717) is 16.4 Å². The van der Waals surface area contributed by atoms with Crippen LogP contribution in [-0.4, -0.2) is 26.0 Å². The average molecular weight is 428 g/mol. The van der Waals surface area contributed by atoms with Crippen molar-refractivity contribution in [3.63, 3.8) is 0 Å². The summed E-state index contributed by atoms with van der Waals surface area (Å²) >= 11 is 11.6. The minimum Gasteiger partial charge on any atom is -0.480 e. The third-order valence-electron chi connectivity index (χ3n) is 3.22. The molecule has 140 valence electrons. The van der Waals surface area contributed by atoms with Crippen molar-refractivity contribution in [1.82, 2.24) is 0 Å². The molecular weight excluding hydrogens is 418 g/mol. The van der Waals surface area contributed by atoms with Crippen LogP contribution >= 0.6 is 23.2 Å². The van der Waals surface area contributed by atoms with E-state index < -0.39 is 39.2 Å². The summed E-state index contributed by atoms with van der Waals surface area (Å²) in [6.45, 7) is -1.02. The van der Waals surface area contributed by atoms with Gasteiger partial charge < -0.3 is 5.11 Å². The first-order valence-corrected chi connectivity index (χ1v) is 8.99. The summed E-state index contributed by atoms with van der Waals surface area (Å²) in [7, 11) is -4.50. The molecule has 0 heterocycles. The van der Waals surface area contributed by atoms with E-state index in [0.717, 1.165) is 18.2 Å². The predicted molar refractivity (Wildman–Crippen MR) is 90.1 cm³/mol. The van der Waals surface area contributed by atoms with Gasteiger partial charge in [0, 0.05) is 5.02 Å². The predicted octanol–water partition coefficient (Wildman–Crippen LogP) is 4.29. The van der Waals surface area contributed by atoms with Crippen molar-refractivity contribution < 1.29 is 31.5 Å². The molecule has 0 fully saturated rings. The van der Waals surface area contributed by atoms with Crippen LogP contribution in [0.2, 0.25) is 10.0 Å². The zero-order valence-electron chi connectivity index (χ0n) is 12.7. The van der Waals surface area contributed by atoms with Gasteiger partial charge in [-0.3, -0.25) is 9.10 Å². The fourth-order valence-corrected chi connectivity index (χ4v) is 4.20. The number of carboxylic acid groups (broad SMARTS) is 1. The van der Waals surface area contributed by atoms with Crippen molar-refractivity contribution in [3.05, 3.63) is 58.1 Å². The molecule has 0 aliphatic rings. The van der Waals surface area contributed by atoms with Crippen LogP contribution in [0.15, 0.2) is 47.4 Å². The molecule has 1 N–H and O–H groups in total. The number of nitrogens with zero attached hydrogens (tertiary/aromatic N) is 1. The summed E-state index contributed by atoms with van der Waals surface area (Å²) in [5.74, 6) is -1.51. The number of hydrogen-bond acceptors (Lipinski definition) is 3. The molecule has 11 heteroatoms. The highest BCUT2D eigenvalue weighted by Crippen LogP contribution is 2.33. The Hall–Kier alpha value is -1.97. The molecule has 0 bridgehead atoms. The Bertz CT molecular complexity index is 931. The zero-order valence-corrected chi connectivity index (χ0v) is 15.0. The highest BCUT2D eigenvalue weighted by atomic mass is 35.5. The van der Waals surface area contributed by atoms with Crippen molar-refractivity contribution in [2.24, 2.45) is 0 Å². The fraction of sp³-hybridized carbons (Fsp3) is 0.133. The van der Waals surface area contributed by atoms with Crippen molar-refractivity contribution >= 4 is 44.9 Å². The lowest BCUT2D eigenvalue weighted by molar-refractivity contribution is -0.138. The summed E-state index contributed by atoms with van der Waals surface area (Å²) in [4.78, 5) is 10.6. The lowest BCUT2D eigenvalue weighted by Gasteiger charge is -2.23. The van der Waals surface area contributed by atoms with E-state index in [9.17, 15) is 26.4 Å². The maximum Gasteiger partial charge on any atom is 0.416 e. The van der Waals surface area contributed by atoms with Crippen LogP contribution in [0.5, 0.6) is 0 Å². The summed E-state index contributed by atoms with van der Waals surface area (Å²) in [6.07, 6.45) is -4.62. The Labute approximate surface area is 156 Å². The van der Waals surface area contributed by atoms with E-state index in [-0.39, 0.29) is 15.7 Å². The number of carboxylic acids is 1. The van der Waals surface area contributed by atoms with E-state index in [1.807, 2.05) is 0 Å². The summed E-state index contributed by atoms with van der Waals surface area (Å²) in [6, 6.07) is 6.60. The Morgan fingerprint density at radius 2 is 1.65 bits per heavy atom. The van der Waals surface area contributed by atoms with Crippen LogP contribution in [-0.2, 0) is 21.0 Å². The summed E-state index contributed by atoms with van der Waals surface area (Å²) in [5, 5.41) is 8.84. The molecule has 0 radical (unpaired) electrons. The third kappa shape index (κ3) is 4.40. The van der Waals surface area contributed by atoms with E-state index in [1.165, 1.54) is 12.1 Å². The summed E-state index contributed by atoms with van der Waals surface area (Å²) in [5.41, 5.74) is -1.27. The van der Waals surface area contributed by atoms with Gasteiger partial charge in [-0.05, 0) is 42.5 Å². The van der Waals surface area contributed by atoms with Crippen molar-refractivity contribution in [2.75, 3.05) is 10.8 Å². The number of alkyl halides is 3. The standard InChI is InChI=1S/C15H10Cl2F3NO4S/c16-10-3-6-12(17)13(7-10)26(24,25)21(8-14(22)23)11-4-1-9(2-5-11)15(18,19)20/h1-7H,8H2,(H,22,23). The van der Waals surface area contributed by atoms with Gasteiger partial charge in [0.05, 0.1) is 16.3 Å². The largest absolute Gasteiger partial charge is 0.480 e. The first-order chi connectivity index (χ1) is 11.9. The molecule has 0 spiro atoms. The van der Waals surface area contributed by atoms with Gasteiger partial charge in [-0.25, -0.2) is 8.42 Å². The number of anilines is 1. The molecule has 0 unspecified atom stereocenters. The fourth-order valence-electron chi connectivity index (χ4n) is 2.05. The van der Waals surface area contributed by atoms with Gasteiger partial charge in [0.25, 0.3) is 10.0 Å². The molecule has 0 atom stereocenters. The van der Waals surface area contributed by atoms with Crippen LogP contribution in [0.25, 0.3) is 0 Å². The molecule has 0 saturated carbocycles. The van der Waals surface area contributed by atoms with Gasteiger partial charge in [0.2, 0.25) is 0 Å². The Balaban J connectivity index is 2.57. The van der Waals surface area contributed by atoms with Crippen LogP contribution < -0.4 is 4.31 Å². The Morgan fingerprint density at radius 3 is 2.15 bits per heavy atom. The number of rotatable bonds is 5. The molecule has 5 nitrogen and oxygen atoms in total. The maximum absolute atomic E-state index is 12.8. The SMILES string of the molecule is O=C(O)CN(c1ccc(C(F)(F)F)cc1)S(=O)(=O)c1cc(Cl)ccc1Cl. The highest BCUT2D eigenvalue weighted by Gasteiger charge is 2.32. The zero-order chi connectivity index (χ0) is 19.7. The van der Waals surface area contributed by atoms with Gasteiger partial charge in [-0.2, -0.15) is 13.2 Å². The van der Waals surface area contributed by atoms with Crippen molar-refractivity contribution in [2.45, 2.75) is 11.1 Å². The first-order valence-electron chi connectivity index (χ1n) is 6.80. The highest BCUT2D eigenvalue weighted by molar-refractivity contribution is 7.93. The van der Waals surface area contributed by atoms with E-state index >= 15 is 0 Å². The van der Waals surface area contributed by atoms with Crippen molar-refractivity contribution in [1.29, 1.82) is 0 Å². The second kappa shape index (κ2) is 7.34. The summed E-state index contributed by atoms with van der Waals surface area (Å²) < 4.78 is 64.1. The van der Waals surface area contributed by atoms with Crippen LogP contribution in [0, 0.1) is 0 Å². The van der Waals surface area contributed by atoms with E-state index in [4.69, 9.17) is 28.3 Å². The normalized spacial score (nSPS) is 12.0. The second-order valence-electron chi connectivity index (χ2n) is 5.02. The van der Waals surface area contributed by atoms with Crippen LogP contribution in [0.4, 0.5) is 18.9 Å². The Morgan fingerprint density at radius 1 is 1.08 bits per heavy atom. The molecule has 26 heavy (non-hydrogen) atoms. The molecule has 2 aromatic carbocycles. The second-order valence-corrected chi connectivity index (χ2v) is 7.70. The third-order valence-corrected chi connectivity index (χ3v) is 5.71. The number of sulfonamides is 1. The molecule has 0 amide bonds. The monoisotopic (exact) mass is 427 g/mol. The van der Waals surface area contributed by atoms with Gasteiger partial charge in [-0.1, -0.05) is 23.2 Å². The van der Waals surface area contributed by atoms with Crippen molar-refractivity contribution in [3.8, 4) is 0 Å².